The summed E-state index contributed by atoms with van der Waals surface area (Å²) in [5.41, 5.74) is 4.31. The van der Waals surface area contributed by atoms with Crippen LogP contribution < -0.4 is 0 Å². The number of aromatic nitrogens is 2. The van der Waals surface area contributed by atoms with Crippen molar-refractivity contribution in [3.8, 4) is 0 Å². The minimum atomic E-state index is 0.000646. The van der Waals surface area contributed by atoms with Crippen LogP contribution in [0.2, 0.25) is 5.15 Å². The first kappa shape index (κ1) is 14.3. The molecule has 1 amide bonds. The maximum absolute atomic E-state index is 12.8. The van der Waals surface area contributed by atoms with Crippen LogP contribution in [0.5, 0.6) is 0 Å². The number of hydrogen-bond acceptors (Lipinski definition) is 2. The van der Waals surface area contributed by atoms with Crippen molar-refractivity contribution in [3.63, 3.8) is 0 Å². The molecule has 0 bridgehead atoms. The number of pyridine rings is 1. The monoisotopic (exact) mass is 325 g/mol. The fourth-order valence-corrected chi connectivity index (χ4v) is 3.45. The third-order valence-corrected chi connectivity index (χ3v) is 4.68. The predicted octanol–water partition coefficient (Wildman–Crippen LogP) is 3.43. The standard InChI is InChI=1S/C18H16ClN3O/c1-21-10-14-7-8-22(11-13-3-2-4-15(21)17(13)14)18(23)12-5-6-16(19)20-9-12/h2-6,9-10H,7-8,11H2,1H3. The molecule has 0 N–H and O–H groups in total. The molecule has 2 aromatic heterocycles. The molecule has 0 aliphatic carbocycles. The molecule has 0 atom stereocenters. The molecule has 3 aromatic rings. The second kappa shape index (κ2) is 5.39. The van der Waals surface area contributed by atoms with Gasteiger partial charge in [-0.05, 0) is 35.7 Å². The summed E-state index contributed by atoms with van der Waals surface area (Å²) in [4.78, 5) is 18.7. The van der Waals surface area contributed by atoms with Crippen LogP contribution >= 0.6 is 11.6 Å². The Kier molecular flexibility index (Phi) is 3.34. The van der Waals surface area contributed by atoms with Crippen LogP contribution in [0.25, 0.3) is 10.9 Å². The summed E-state index contributed by atoms with van der Waals surface area (Å²) in [5.74, 6) is 0.000646. The number of halogens is 1. The topological polar surface area (TPSA) is 38.1 Å². The Balaban J connectivity index is 1.71. The molecule has 1 aliphatic heterocycles. The van der Waals surface area contributed by atoms with Crippen molar-refractivity contribution in [2.75, 3.05) is 6.54 Å². The number of nitrogens with zero attached hydrogens (tertiary/aromatic N) is 3. The summed E-state index contributed by atoms with van der Waals surface area (Å²) in [6, 6.07) is 9.68. The van der Waals surface area contributed by atoms with Gasteiger partial charge in [-0.25, -0.2) is 4.98 Å². The molecule has 23 heavy (non-hydrogen) atoms. The lowest BCUT2D eigenvalue weighted by Gasteiger charge is -2.21. The van der Waals surface area contributed by atoms with E-state index in [4.69, 9.17) is 11.6 Å². The quantitative estimate of drug-likeness (QED) is 0.643. The molecule has 4 nitrogen and oxygen atoms in total. The van der Waals surface area contributed by atoms with E-state index in [-0.39, 0.29) is 5.91 Å². The molecular formula is C18H16ClN3O. The Hall–Kier alpha value is -2.33. The van der Waals surface area contributed by atoms with Crippen molar-refractivity contribution in [3.05, 3.63) is 64.6 Å². The number of benzene rings is 1. The molecule has 0 saturated carbocycles. The van der Waals surface area contributed by atoms with Crippen molar-refractivity contribution >= 4 is 28.4 Å². The van der Waals surface area contributed by atoms with Crippen LogP contribution in [0, 0.1) is 0 Å². The van der Waals surface area contributed by atoms with Gasteiger partial charge in [0.05, 0.1) is 5.56 Å². The normalized spacial score (nSPS) is 14.1. The Labute approximate surface area is 139 Å². The molecule has 1 aromatic carbocycles. The predicted molar refractivity (Wildman–Crippen MR) is 90.6 cm³/mol. The maximum Gasteiger partial charge on any atom is 0.255 e. The first-order valence-corrected chi connectivity index (χ1v) is 7.98. The molecule has 0 spiro atoms. The van der Waals surface area contributed by atoms with Gasteiger partial charge in [0.15, 0.2) is 0 Å². The van der Waals surface area contributed by atoms with Gasteiger partial charge in [-0.15, -0.1) is 0 Å². The Morgan fingerprint density at radius 2 is 2.09 bits per heavy atom. The van der Waals surface area contributed by atoms with Crippen molar-refractivity contribution in [1.82, 2.24) is 14.5 Å². The highest BCUT2D eigenvalue weighted by molar-refractivity contribution is 6.29. The van der Waals surface area contributed by atoms with Gasteiger partial charge in [0.1, 0.15) is 5.15 Å². The maximum atomic E-state index is 12.8. The fraction of sp³-hybridized carbons (Fsp3) is 0.222. The van der Waals surface area contributed by atoms with E-state index in [2.05, 4.69) is 41.0 Å². The fourth-order valence-electron chi connectivity index (χ4n) is 3.34. The number of hydrogen-bond donors (Lipinski definition) is 0. The van der Waals surface area contributed by atoms with Gasteiger partial charge < -0.3 is 9.47 Å². The van der Waals surface area contributed by atoms with Crippen LogP contribution in [0.3, 0.4) is 0 Å². The number of carbonyl (C=O) groups excluding carboxylic acids is 1. The van der Waals surface area contributed by atoms with Crippen LogP contribution in [0.15, 0.2) is 42.7 Å². The lowest BCUT2D eigenvalue weighted by Crippen LogP contribution is -2.31. The van der Waals surface area contributed by atoms with E-state index in [9.17, 15) is 4.79 Å². The zero-order chi connectivity index (χ0) is 16.0. The van der Waals surface area contributed by atoms with Gasteiger partial charge in [0.2, 0.25) is 0 Å². The molecule has 0 radical (unpaired) electrons. The Bertz CT molecular complexity index is 899. The van der Waals surface area contributed by atoms with E-state index >= 15 is 0 Å². The lowest BCUT2D eigenvalue weighted by molar-refractivity contribution is 0.0747. The minimum Gasteiger partial charge on any atom is -0.350 e. The highest BCUT2D eigenvalue weighted by atomic mass is 35.5. The molecule has 0 saturated heterocycles. The van der Waals surface area contributed by atoms with E-state index < -0.39 is 0 Å². The number of amides is 1. The largest absolute Gasteiger partial charge is 0.350 e. The summed E-state index contributed by atoms with van der Waals surface area (Å²) < 4.78 is 2.16. The van der Waals surface area contributed by atoms with Gasteiger partial charge in [-0.2, -0.15) is 0 Å². The molecule has 116 valence electrons. The summed E-state index contributed by atoms with van der Waals surface area (Å²) in [6.45, 7) is 1.32. The average Bonchev–Trinajstić information content (AvgIpc) is 2.76. The number of carbonyl (C=O) groups is 1. The summed E-state index contributed by atoms with van der Waals surface area (Å²) in [5, 5.41) is 1.69. The van der Waals surface area contributed by atoms with Crippen LogP contribution in [-0.2, 0) is 20.0 Å². The van der Waals surface area contributed by atoms with E-state index in [1.807, 2.05) is 4.90 Å². The zero-order valence-corrected chi connectivity index (χ0v) is 13.5. The Morgan fingerprint density at radius 1 is 1.22 bits per heavy atom. The molecule has 0 fully saturated rings. The summed E-state index contributed by atoms with van der Waals surface area (Å²) >= 11 is 5.80. The first-order chi connectivity index (χ1) is 11.1. The molecule has 0 unspecified atom stereocenters. The van der Waals surface area contributed by atoms with Gasteiger partial charge in [0.25, 0.3) is 5.91 Å². The molecule has 1 aliphatic rings. The highest BCUT2D eigenvalue weighted by Crippen LogP contribution is 2.29. The number of aryl methyl sites for hydroxylation is 1. The summed E-state index contributed by atoms with van der Waals surface area (Å²) in [7, 11) is 2.07. The molecule has 3 heterocycles. The van der Waals surface area contributed by atoms with E-state index in [0.717, 1.165) is 6.42 Å². The lowest BCUT2D eigenvalue weighted by atomic mass is 10.1. The SMILES string of the molecule is Cn1cc2c3c(cccc31)CN(C(=O)c1ccc(Cl)nc1)CC2. The van der Waals surface area contributed by atoms with Crippen molar-refractivity contribution in [1.29, 1.82) is 0 Å². The zero-order valence-electron chi connectivity index (χ0n) is 12.8. The van der Waals surface area contributed by atoms with Crippen molar-refractivity contribution < 1.29 is 4.79 Å². The minimum absolute atomic E-state index is 0.000646. The first-order valence-electron chi connectivity index (χ1n) is 7.60. The molecule has 5 heteroatoms. The van der Waals surface area contributed by atoms with E-state index in [0.29, 0.717) is 23.8 Å². The van der Waals surface area contributed by atoms with E-state index in [1.165, 1.54) is 22.0 Å². The van der Waals surface area contributed by atoms with Gasteiger partial charge >= 0.3 is 0 Å². The molecular weight excluding hydrogens is 310 g/mol. The highest BCUT2D eigenvalue weighted by Gasteiger charge is 2.22. The smallest absolute Gasteiger partial charge is 0.255 e. The van der Waals surface area contributed by atoms with Gasteiger partial charge in [-0.1, -0.05) is 23.7 Å². The average molecular weight is 326 g/mol. The third-order valence-electron chi connectivity index (χ3n) is 4.45. The molecule has 4 rings (SSSR count). The summed E-state index contributed by atoms with van der Waals surface area (Å²) in [6.07, 6.45) is 4.58. The van der Waals surface area contributed by atoms with Crippen molar-refractivity contribution in [2.45, 2.75) is 13.0 Å². The van der Waals surface area contributed by atoms with Crippen LogP contribution in [0.1, 0.15) is 21.5 Å². The van der Waals surface area contributed by atoms with E-state index in [1.54, 1.807) is 18.3 Å². The van der Waals surface area contributed by atoms with Crippen LogP contribution in [-0.4, -0.2) is 26.9 Å². The van der Waals surface area contributed by atoms with Crippen LogP contribution in [0.4, 0.5) is 0 Å². The second-order valence-corrected chi connectivity index (χ2v) is 6.31. The van der Waals surface area contributed by atoms with Gasteiger partial charge in [-0.3, -0.25) is 4.79 Å². The Morgan fingerprint density at radius 3 is 2.87 bits per heavy atom. The van der Waals surface area contributed by atoms with Gasteiger partial charge in [0, 0.05) is 43.4 Å². The van der Waals surface area contributed by atoms with Crippen molar-refractivity contribution in [2.24, 2.45) is 7.05 Å². The second-order valence-electron chi connectivity index (χ2n) is 5.92. The number of rotatable bonds is 1. The third kappa shape index (κ3) is 2.39.